The fourth-order valence-corrected chi connectivity index (χ4v) is 8.55. The van der Waals surface area contributed by atoms with Gasteiger partial charge in [0, 0.05) is 12.8 Å². The molecule has 3 atom stereocenters. The molecule has 0 aliphatic heterocycles. The lowest BCUT2D eigenvalue weighted by atomic mass is 10.0. The van der Waals surface area contributed by atoms with Gasteiger partial charge >= 0.3 is 19.8 Å². The Morgan fingerprint density at radius 2 is 0.657 bits per heavy atom. The number of hydrogen-bond donors (Lipinski definition) is 3. The van der Waals surface area contributed by atoms with Crippen molar-refractivity contribution in [2.24, 2.45) is 0 Å². The fourth-order valence-electron chi connectivity index (χ4n) is 7.77. The molecule has 10 nitrogen and oxygen atoms in total. The summed E-state index contributed by atoms with van der Waals surface area (Å²) in [4.78, 5) is 34.8. The Labute approximate surface area is 411 Å². The number of rotatable bonds is 52. The van der Waals surface area contributed by atoms with E-state index in [9.17, 15) is 29.3 Å². The summed E-state index contributed by atoms with van der Waals surface area (Å²) in [5.41, 5.74) is 0. The van der Waals surface area contributed by atoms with E-state index in [0.29, 0.717) is 12.8 Å². The Hall–Kier alpha value is -2.07. The van der Waals surface area contributed by atoms with Gasteiger partial charge in [-0.3, -0.25) is 18.6 Å². The summed E-state index contributed by atoms with van der Waals surface area (Å²) in [6.45, 7) is 2.22. The summed E-state index contributed by atoms with van der Waals surface area (Å²) in [6, 6.07) is 0. The standard InChI is InChI=1S/C56H103O10P/c1-3-5-7-9-11-13-15-17-19-21-23-25-26-28-30-32-34-36-38-40-42-44-46-48-56(60)66-54(50-58)52-64-67(61,62)63-51-53(49-57)65-55(59)47-45-43-41-39-37-35-33-31-29-27-24-22-20-18-16-14-12-10-8-6-4-2/h15-18,21-24,53-54,57-58H,3-14,19-20,25-52H2,1-2H3,(H,61,62)/b17-15-,18-16-,23-21-,24-22-. The van der Waals surface area contributed by atoms with Gasteiger partial charge in [0.1, 0.15) is 12.2 Å². The van der Waals surface area contributed by atoms with Gasteiger partial charge < -0.3 is 24.6 Å². The maximum Gasteiger partial charge on any atom is 0.472 e. The second-order valence-electron chi connectivity index (χ2n) is 18.6. The van der Waals surface area contributed by atoms with Crippen LogP contribution in [0.5, 0.6) is 0 Å². The molecule has 3 unspecified atom stereocenters. The predicted molar refractivity (Wildman–Crippen MR) is 279 cm³/mol. The molecule has 392 valence electrons. The number of allylic oxidation sites excluding steroid dienone is 8. The molecule has 0 aromatic carbocycles. The number of phosphoric ester groups is 1. The molecule has 0 radical (unpaired) electrons. The Balaban J connectivity index is 3.81. The van der Waals surface area contributed by atoms with Crippen molar-refractivity contribution in [3.63, 3.8) is 0 Å². The maximum absolute atomic E-state index is 12.4. The van der Waals surface area contributed by atoms with E-state index in [1.54, 1.807) is 0 Å². The van der Waals surface area contributed by atoms with Gasteiger partial charge in [-0.25, -0.2) is 4.57 Å². The van der Waals surface area contributed by atoms with Gasteiger partial charge in [0.2, 0.25) is 0 Å². The molecule has 11 heteroatoms. The normalized spacial score (nSPS) is 13.9. The van der Waals surface area contributed by atoms with E-state index >= 15 is 0 Å². The van der Waals surface area contributed by atoms with Crippen molar-refractivity contribution in [2.75, 3.05) is 26.4 Å². The van der Waals surface area contributed by atoms with E-state index in [1.807, 2.05) is 0 Å². The molecule has 67 heavy (non-hydrogen) atoms. The first-order valence-corrected chi connectivity index (χ1v) is 29.1. The van der Waals surface area contributed by atoms with Crippen LogP contribution in [0.2, 0.25) is 0 Å². The van der Waals surface area contributed by atoms with Crippen LogP contribution < -0.4 is 0 Å². The van der Waals surface area contributed by atoms with E-state index in [0.717, 1.165) is 57.8 Å². The van der Waals surface area contributed by atoms with E-state index in [1.165, 1.54) is 161 Å². The molecule has 0 aliphatic carbocycles. The summed E-state index contributed by atoms with van der Waals surface area (Å²) in [5.74, 6) is -1.02. The highest BCUT2D eigenvalue weighted by Crippen LogP contribution is 2.43. The highest BCUT2D eigenvalue weighted by molar-refractivity contribution is 7.47. The third-order valence-corrected chi connectivity index (χ3v) is 13.0. The van der Waals surface area contributed by atoms with Crippen molar-refractivity contribution in [2.45, 2.75) is 270 Å². The first kappa shape index (κ1) is 64.9. The molecule has 0 amide bonds. The van der Waals surface area contributed by atoms with E-state index in [4.69, 9.17) is 18.5 Å². The van der Waals surface area contributed by atoms with Crippen LogP contribution in [0.25, 0.3) is 0 Å². The molecule has 0 heterocycles. The van der Waals surface area contributed by atoms with Crippen molar-refractivity contribution >= 4 is 19.8 Å². The minimum absolute atomic E-state index is 0.187. The third-order valence-electron chi connectivity index (χ3n) is 12.0. The van der Waals surface area contributed by atoms with Crippen LogP contribution in [0.15, 0.2) is 48.6 Å². The second kappa shape index (κ2) is 51.8. The molecule has 0 rings (SSSR count). The zero-order valence-corrected chi connectivity index (χ0v) is 44.0. The first-order valence-electron chi connectivity index (χ1n) is 27.6. The number of ether oxygens (including phenoxy) is 2. The van der Waals surface area contributed by atoms with Crippen LogP contribution in [-0.2, 0) is 32.7 Å². The third kappa shape index (κ3) is 50.1. The van der Waals surface area contributed by atoms with E-state index in [2.05, 4.69) is 62.5 Å². The summed E-state index contributed by atoms with van der Waals surface area (Å²) in [6.07, 6.45) is 59.4. The molecular formula is C56H103O10P. The summed E-state index contributed by atoms with van der Waals surface area (Å²) in [7, 11) is -4.65. The molecule has 0 saturated heterocycles. The van der Waals surface area contributed by atoms with Crippen molar-refractivity contribution < 1.29 is 47.8 Å². The number of aliphatic hydroxyl groups is 2. The SMILES string of the molecule is CCCCCCC/C=C\C/C=C\CCCCCCCCCCCCCC(=O)OC(CO)COP(=O)(O)OCC(CO)OC(=O)CCCCCCCCCCC/C=C\C/C=C\CCCCCCC. The number of esters is 2. The van der Waals surface area contributed by atoms with Crippen LogP contribution in [0.3, 0.4) is 0 Å². The minimum Gasteiger partial charge on any atom is -0.457 e. The maximum atomic E-state index is 12.4. The lowest BCUT2D eigenvalue weighted by Gasteiger charge is -2.20. The van der Waals surface area contributed by atoms with Crippen LogP contribution in [0, 0.1) is 0 Å². The zero-order valence-electron chi connectivity index (χ0n) is 43.1. The topological polar surface area (TPSA) is 149 Å². The molecule has 0 saturated carbocycles. The number of aliphatic hydroxyl groups excluding tert-OH is 2. The van der Waals surface area contributed by atoms with Gasteiger partial charge in [-0.15, -0.1) is 0 Å². The van der Waals surface area contributed by atoms with Gasteiger partial charge in [-0.05, 0) is 77.0 Å². The molecule has 0 spiro atoms. The highest BCUT2D eigenvalue weighted by atomic mass is 31.2. The Morgan fingerprint density at radius 3 is 0.925 bits per heavy atom. The Morgan fingerprint density at radius 1 is 0.403 bits per heavy atom. The van der Waals surface area contributed by atoms with Crippen LogP contribution in [-0.4, -0.2) is 65.7 Å². The molecule has 0 aromatic rings. The largest absolute Gasteiger partial charge is 0.472 e. The first-order chi connectivity index (χ1) is 32.8. The van der Waals surface area contributed by atoms with Crippen molar-refractivity contribution in [3.05, 3.63) is 48.6 Å². The number of carbonyl (C=O) groups excluding carboxylic acids is 2. The van der Waals surface area contributed by atoms with E-state index < -0.39 is 58.4 Å². The monoisotopic (exact) mass is 967 g/mol. The average Bonchev–Trinajstić information content (AvgIpc) is 3.32. The number of phosphoric acid groups is 1. The molecular weight excluding hydrogens is 864 g/mol. The molecule has 0 bridgehead atoms. The van der Waals surface area contributed by atoms with Crippen molar-refractivity contribution in [1.82, 2.24) is 0 Å². The minimum atomic E-state index is -4.65. The van der Waals surface area contributed by atoms with Crippen LogP contribution in [0.4, 0.5) is 0 Å². The number of unbranched alkanes of at least 4 members (excludes halogenated alkanes) is 30. The lowest BCUT2D eigenvalue weighted by Crippen LogP contribution is -2.28. The predicted octanol–water partition coefficient (Wildman–Crippen LogP) is 16.0. The lowest BCUT2D eigenvalue weighted by molar-refractivity contribution is -0.153. The fraction of sp³-hybridized carbons (Fsp3) is 0.821. The molecule has 3 N–H and O–H groups in total. The second-order valence-corrected chi connectivity index (χ2v) is 20.0. The van der Waals surface area contributed by atoms with Gasteiger partial charge in [0.15, 0.2) is 0 Å². The van der Waals surface area contributed by atoms with Gasteiger partial charge in [-0.2, -0.15) is 0 Å². The van der Waals surface area contributed by atoms with Gasteiger partial charge in [-0.1, -0.05) is 217 Å². The average molecular weight is 967 g/mol. The summed E-state index contributed by atoms with van der Waals surface area (Å²) < 4.78 is 32.8. The Kier molecular flexibility index (Phi) is 50.2. The zero-order chi connectivity index (χ0) is 49.0. The van der Waals surface area contributed by atoms with Crippen LogP contribution >= 0.6 is 7.82 Å². The van der Waals surface area contributed by atoms with Gasteiger partial charge in [0.05, 0.1) is 26.4 Å². The molecule has 0 fully saturated rings. The quantitative estimate of drug-likeness (QED) is 0.0233. The van der Waals surface area contributed by atoms with Crippen molar-refractivity contribution in [3.8, 4) is 0 Å². The Bertz CT molecular complexity index is 1250. The summed E-state index contributed by atoms with van der Waals surface area (Å²) >= 11 is 0. The smallest absolute Gasteiger partial charge is 0.457 e. The highest BCUT2D eigenvalue weighted by Gasteiger charge is 2.27. The van der Waals surface area contributed by atoms with Crippen molar-refractivity contribution in [1.29, 1.82) is 0 Å². The summed E-state index contributed by atoms with van der Waals surface area (Å²) in [5, 5.41) is 19.3. The molecule has 0 aliphatic rings. The number of hydrogen-bond acceptors (Lipinski definition) is 9. The van der Waals surface area contributed by atoms with E-state index in [-0.39, 0.29) is 12.8 Å². The molecule has 0 aromatic heterocycles. The number of carbonyl (C=O) groups is 2. The van der Waals surface area contributed by atoms with Crippen LogP contribution in [0.1, 0.15) is 258 Å². The van der Waals surface area contributed by atoms with Gasteiger partial charge in [0.25, 0.3) is 0 Å².